The number of aromatic carboxylic acids is 1. The van der Waals surface area contributed by atoms with Crippen molar-refractivity contribution in [2.24, 2.45) is 5.92 Å². The molecule has 2 rings (SSSR count). The number of halogens is 2. The van der Waals surface area contributed by atoms with E-state index >= 15 is 0 Å². The highest BCUT2D eigenvalue weighted by Crippen LogP contribution is 2.33. The van der Waals surface area contributed by atoms with Gasteiger partial charge in [-0.25, -0.2) is 9.18 Å². The maximum atomic E-state index is 13.4. The van der Waals surface area contributed by atoms with Gasteiger partial charge in [0.25, 0.3) is 0 Å². The Bertz CT molecular complexity index is 616. The van der Waals surface area contributed by atoms with E-state index in [9.17, 15) is 9.18 Å². The predicted octanol–water partition coefficient (Wildman–Crippen LogP) is 4.23. The molecule has 0 amide bonds. The van der Waals surface area contributed by atoms with Crippen molar-refractivity contribution in [2.45, 2.75) is 20.3 Å². The van der Waals surface area contributed by atoms with Gasteiger partial charge in [0.15, 0.2) is 0 Å². The summed E-state index contributed by atoms with van der Waals surface area (Å²) in [6.07, 6.45) is 0.532. The van der Waals surface area contributed by atoms with Crippen LogP contribution in [0.15, 0.2) is 21.0 Å². The Labute approximate surface area is 112 Å². The van der Waals surface area contributed by atoms with E-state index in [0.717, 1.165) is 0 Å². The van der Waals surface area contributed by atoms with Crippen molar-refractivity contribution in [1.29, 1.82) is 0 Å². The first kappa shape index (κ1) is 13.1. The molecule has 0 aliphatic heterocycles. The van der Waals surface area contributed by atoms with E-state index in [2.05, 4.69) is 15.9 Å². The fraction of sp³-hybridized carbons (Fsp3) is 0.308. The van der Waals surface area contributed by atoms with Crippen LogP contribution in [0.3, 0.4) is 0 Å². The van der Waals surface area contributed by atoms with Gasteiger partial charge in [0, 0.05) is 10.9 Å². The molecule has 3 nitrogen and oxygen atoms in total. The van der Waals surface area contributed by atoms with Gasteiger partial charge < -0.3 is 9.52 Å². The molecule has 0 atom stereocenters. The Morgan fingerprint density at radius 2 is 2.17 bits per heavy atom. The molecule has 1 aromatic heterocycles. The van der Waals surface area contributed by atoms with Gasteiger partial charge in [0.2, 0.25) is 5.76 Å². The second kappa shape index (κ2) is 4.72. The highest BCUT2D eigenvalue weighted by Gasteiger charge is 2.22. The van der Waals surface area contributed by atoms with Crippen LogP contribution < -0.4 is 0 Å². The van der Waals surface area contributed by atoms with E-state index in [4.69, 9.17) is 9.52 Å². The van der Waals surface area contributed by atoms with Gasteiger partial charge in [0.05, 0.1) is 4.47 Å². The molecular weight excluding hydrogens is 303 g/mol. The lowest BCUT2D eigenvalue weighted by Crippen LogP contribution is -2.02. The van der Waals surface area contributed by atoms with Crippen LogP contribution in [0.2, 0.25) is 0 Å². The Balaban J connectivity index is 2.76. The molecule has 0 saturated heterocycles. The van der Waals surface area contributed by atoms with Crippen LogP contribution in [0.1, 0.15) is 30.0 Å². The lowest BCUT2D eigenvalue weighted by Gasteiger charge is -2.03. The first-order valence-corrected chi connectivity index (χ1v) is 6.33. The monoisotopic (exact) mass is 314 g/mol. The molecular formula is C13H12BrFO3. The maximum absolute atomic E-state index is 13.4. The van der Waals surface area contributed by atoms with Crippen LogP contribution in [-0.2, 0) is 6.42 Å². The van der Waals surface area contributed by atoms with Crippen LogP contribution in [0.4, 0.5) is 4.39 Å². The topological polar surface area (TPSA) is 50.4 Å². The quantitative estimate of drug-likeness (QED) is 0.922. The summed E-state index contributed by atoms with van der Waals surface area (Å²) in [5, 5.41) is 9.66. The first-order valence-electron chi connectivity index (χ1n) is 5.54. The normalized spacial score (nSPS) is 11.4. The summed E-state index contributed by atoms with van der Waals surface area (Å²) in [4.78, 5) is 11.2. The molecule has 18 heavy (non-hydrogen) atoms. The lowest BCUT2D eigenvalue weighted by molar-refractivity contribution is 0.0663. The Morgan fingerprint density at radius 3 is 2.72 bits per heavy atom. The number of carboxylic acids is 1. The average molecular weight is 315 g/mol. The van der Waals surface area contributed by atoms with E-state index in [1.165, 1.54) is 12.1 Å². The fourth-order valence-corrected chi connectivity index (χ4v) is 2.47. The zero-order chi connectivity index (χ0) is 13.4. The van der Waals surface area contributed by atoms with E-state index in [-0.39, 0.29) is 11.7 Å². The van der Waals surface area contributed by atoms with Crippen molar-refractivity contribution in [2.75, 3.05) is 0 Å². The Morgan fingerprint density at radius 1 is 1.50 bits per heavy atom. The largest absolute Gasteiger partial charge is 0.475 e. The summed E-state index contributed by atoms with van der Waals surface area (Å²) in [7, 11) is 0. The van der Waals surface area contributed by atoms with Crippen molar-refractivity contribution in [3.05, 3.63) is 33.7 Å². The molecule has 0 spiro atoms. The minimum atomic E-state index is -1.13. The van der Waals surface area contributed by atoms with Gasteiger partial charge in [-0.05, 0) is 40.4 Å². The first-order chi connectivity index (χ1) is 8.40. The number of hydrogen-bond acceptors (Lipinski definition) is 2. The number of hydrogen-bond donors (Lipinski definition) is 1. The molecule has 0 aliphatic rings. The van der Waals surface area contributed by atoms with Crippen LogP contribution in [0, 0.1) is 11.7 Å². The molecule has 1 heterocycles. The summed E-state index contributed by atoms with van der Waals surface area (Å²) in [5.41, 5.74) is 0.928. The molecule has 0 bridgehead atoms. The smallest absolute Gasteiger partial charge is 0.372 e. The van der Waals surface area contributed by atoms with Crippen molar-refractivity contribution in [3.63, 3.8) is 0 Å². The second-order valence-corrected chi connectivity index (χ2v) is 5.43. The third-order valence-electron chi connectivity index (χ3n) is 2.62. The minimum absolute atomic E-state index is 0.106. The molecule has 1 N–H and O–H groups in total. The van der Waals surface area contributed by atoms with Gasteiger partial charge in [-0.15, -0.1) is 0 Å². The van der Waals surface area contributed by atoms with Crippen molar-refractivity contribution in [1.82, 2.24) is 0 Å². The molecule has 0 unspecified atom stereocenters. The standard InChI is InChI=1S/C13H12BrFO3/c1-6(2)3-8-9-4-7(15)5-10(14)11(9)18-12(8)13(16)17/h4-6H,3H2,1-2H3,(H,16,17). The molecule has 5 heteroatoms. The average Bonchev–Trinajstić information content (AvgIpc) is 2.57. The van der Waals surface area contributed by atoms with E-state index < -0.39 is 11.8 Å². The summed E-state index contributed by atoms with van der Waals surface area (Å²) in [6.45, 7) is 3.94. The molecule has 96 valence electrons. The maximum Gasteiger partial charge on any atom is 0.372 e. The number of furan rings is 1. The van der Waals surface area contributed by atoms with Crippen LogP contribution in [0.5, 0.6) is 0 Å². The van der Waals surface area contributed by atoms with E-state index in [0.29, 0.717) is 27.4 Å². The zero-order valence-corrected chi connectivity index (χ0v) is 11.5. The summed E-state index contributed by atoms with van der Waals surface area (Å²) in [6, 6.07) is 2.57. The summed E-state index contributed by atoms with van der Waals surface area (Å²) in [5.74, 6) is -1.40. The molecule has 1 aromatic carbocycles. The molecule has 0 saturated carbocycles. The van der Waals surface area contributed by atoms with Crippen molar-refractivity contribution < 1.29 is 18.7 Å². The fourth-order valence-electron chi connectivity index (χ4n) is 1.96. The van der Waals surface area contributed by atoms with Gasteiger partial charge in [-0.1, -0.05) is 13.8 Å². The molecule has 2 aromatic rings. The Kier molecular flexibility index (Phi) is 3.43. The number of carbonyl (C=O) groups is 1. The third-order valence-corrected chi connectivity index (χ3v) is 3.21. The number of fused-ring (bicyclic) bond motifs is 1. The SMILES string of the molecule is CC(C)Cc1c(C(=O)O)oc2c(Br)cc(F)cc12. The lowest BCUT2D eigenvalue weighted by atomic mass is 10.00. The van der Waals surface area contributed by atoms with Gasteiger partial charge in [-0.2, -0.15) is 0 Å². The number of benzene rings is 1. The van der Waals surface area contributed by atoms with Crippen LogP contribution in [-0.4, -0.2) is 11.1 Å². The second-order valence-electron chi connectivity index (χ2n) is 4.58. The van der Waals surface area contributed by atoms with Crippen molar-refractivity contribution in [3.8, 4) is 0 Å². The van der Waals surface area contributed by atoms with Crippen molar-refractivity contribution >= 4 is 32.9 Å². The van der Waals surface area contributed by atoms with Gasteiger partial charge in [-0.3, -0.25) is 0 Å². The van der Waals surface area contributed by atoms with Crippen LogP contribution in [0.25, 0.3) is 11.0 Å². The minimum Gasteiger partial charge on any atom is -0.475 e. The van der Waals surface area contributed by atoms with E-state index in [1.807, 2.05) is 13.8 Å². The third kappa shape index (κ3) is 2.27. The van der Waals surface area contributed by atoms with E-state index in [1.54, 1.807) is 0 Å². The van der Waals surface area contributed by atoms with Gasteiger partial charge in [0.1, 0.15) is 11.4 Å². The highest BCUT2D eigenvalue weighted by atomic mass is 79.9. The highest BCUT2D eigenvalue weighted by molar-refractivity contribution is 9.10. The zero-order valence-electron chi connectivity index (χ0n) is 9.96. The molecule has 0 radical (unpaired) electrons. The predicted molar refractivity (Wildman–Crippen MR) is 69.4 cm³/mol. The molecule has 0 fully saturated rings. The molecule has 0 aliphatic carbocycles. The number of rotatable bonds is 3. The summed E-state index contributed by atoms with van der Waals surface area (Å²) < 4.78 is 19.2. The van der Waals surface area contributed by atoms with Gasteiger partial charge >= 0.3 is 5.97 Å². The summed E-state index contributed by atoms with van der Waals surface area (Å²) >= 11 is 3.18. The Hall–Kier alpha value is -1.36. The number of carboxylic acid groups (broad SMARTS) is 1. The van der Waals surface area contributed by atoms with Crippen LogP contribution >= 0.6 is 15.9 Å².